The molecule has 6 nitrogen and oxygen atoms in total. The molecule has 1 aliphatic carbocycles. The van der Waals surface area contributed by atoms with Gasteiger partial charge in [-0.25, -0.2) is 4.79 Å². The highest BCUT2D eigenvalue weighted by atomic mass is 16.5. The molecule has 1 amide bonds. The first-order valence-corrected chi connectivity index (χ1v) is 10.7. The topological polar surface area (TPSA) is 88.8 Å². The van der Waals surface area contributed by atoms with E-state index in [0.29, 0.717) is 17.8 Å². The number of nitrogens with one attached hydrogen (secondary N) is 1. The molecule has 0 fully saturated rings. The Morgan fingerprint density at radius 3 is 2.61 bits per heavy atom. The zero-order valence-corrected chi connectivity index (χ0v) is 17.8. The van der Waals surface area contributed by atoms with E-state index in [4.69, 9.17) is 9.15 Å². The molecule has 0 bridgehead atoms. The second-order valence-corrected chi connectivity index (χ2v) is 8.12. The van der Waals surface area contributed by atoms with E-state index < -0.39 is 12.2 Å². The van der Waals surface area contributed by atoms with E-state index in [1.54, 1.807) is 6.92 Å². The predicted octanol–water partition coefficient (Wildman–Crippen LogP) is 3.60. The van der Waals surface area contributed by atoms with Gasteiger partial charge < -0.3 is 19.6 Å². The zero-order chi connectivity index (χ0) is 22.0. The summed E-state index contributed by atoms with van der Waals surface area (Å²) in [6.45, 7) is 3.66. The van der Waals surface area contributed by atoms with Crippen molar-refractivity contribution < 1.29 is 19.1 Å². The van der Waals surface area contributed by atoms with Crippen LogP contribution in [0, 0.1) is 6.92 Å². The van der Waals surface area contributed by atoms with Gasteiger partial charge in [-0.1, -0.05) is 30.3 Å². The lowest BCUT2D eigenvalue weighted by Crippen LogP contribution is -2.38. The van der Waals surface area contributed by atoms with E-state index in [1.807, 2.05) is 49.4 Å². The van der Waals surface area contributed by atoms with Crippen molar-refractivity contribution in [3.8, 4) is 5.75 Å². The molecule has 0 saturated carbocycles. The minimum Gasteiger partial charge on any atom is -0.480 e. The van der Waals surface area contributed by atoms with E-state index >= 15 is 0 Å². The van der Waals surface area contributed by atoms with Crippen LogP contribution < -0.4 is 15.7 Å². The summed E-state index contributed by atoms with van der Waals surface area (Å²) in [5.74, 6) is 0.221. The molecule has 1 aliphatic rings. The Bertz CT molecular complexity index is 1150. The van der Waals surface area contributed by atoms with Crippen molar-refractivity contribution >= 4 is 16.9 Å². The average molecular weight is 421 g/mol. The lowest BCUT2D eigenvalue weighted by atomic mass is 9.90. The average Bonchev–Trinajstić information content (AvgIpc) is 2.77. The van der Waals surface area contributed by atoms with Gasteiger partial charge in [0.1, 0.15) is 11.3 Å². The number of fused-ring (bicyclic) bond motifs is 3. The standard InChI is InChI=1S/C25H27NO5/c1-15-12-21(23-18-10-6-7-11-19(18)25(29)31-22(23)13-15)30-16(2)24(28)26-14-20(27)17-8-4-3-5-9-17/h3-5,8-9,12-13,16,20,27H,6-7,10-11,14H2,1-2H3,(H,26,28)/t16-,20+/m0/s1. The number of carbonyl (C=O) groups excluding carboxylic acids is 1. The van der Waals surface area contributed by atoms with E-state index in [9.17, 15) is 14.7 Å². The number of aliphatic hydroxyl groups is 1. The van der Waals surface area contributed by atoms with Crippen molar-refractivity contribution in [2.45, 2.75) is 51.7 Å². The molecule has 2 aromatic carbocycles. The number of ether oxygens (including phenoxy) is 1. The monoisotopic (exact) mass is 421 g/mol. The first kappa shape index (κ1) is 21.1. The Labute approximate surface area is 180 Å². The van der Waals surface area contributed by atoms with Crippen molar-refractivity contribution in [2.75, 3.05) is 6.54 Å². The maximum absolute atomic E-state index is 12.6. The van der Waals surface area contributed by atoms with E-state index in [-0.39, 0.29) is 18.1 Å². The number of aliphatic hydroxyl groups excluding tert-OH is 1. The molecule has 162 valence electrons. The molecular formula is C25H27NO5. The number of aryl methyl sites for hydroxylation is 2. The molecule has 0 unspecified atom stereocenters. The third-order valence-corrected chi connectivity index (χ3v) is 5.76. The Morgan fingerprint density at radius 2 is 1.87 bits per heavy atom. The molecule has 0 radical (unpaired) electrons. The first-order chi connectivity index (χ1) is 14.9. The summed E-state index contributed by atoms with van der Waals surface area (Å²) in [6, 6.07) is 12.9. The number of amides is 1. The van der Waals surface area contributed by atoms with E-state index in [2.05, 4.69) is 5.32 Å². The Morgan fingerprint density at radius 1 is 1.16 bits per heavy atom. The molecule has 0 spiro atoms. The molecule has 1 heterocycles. The third-order valence-electron chi connectivity index (χ3n) is 5.76. The number of benzene rings is 2. The van der Waals surface area contributed by atoms with E-state index in [1.165, 1.54) is 0 Å². The smallest absolute Gasteiger partial charge is 0.339 e. The summed E-state index contributed by atoms with van der Waals surface area (Å²) in [5, 5.41) is 13.8. The van der Waals surface area contributed by atoms with Crippen LogP contribution in [0.15, 0.2) is 51.7 Å². The van der Waals surface area contributed by atoms with Crippen LogP contribution in [-0.4, -0.2) is 23.7 Å². The van der Waals surface area contributed by atoms with Gasteiger partial charge in [-0.05, 0) is 68.4 Å². The van der Waals surface area contributed by atoms with Crippen LogP contribution in [0.4, 0.5) is 0 Å². The second-order valence-electron chi connectivity index (χ2n) is 8.12. The number of carbonyl (C=O) groups is 1. The van der Waals surface area contributed by atoms with Gasteiger partial charge in [0.05, 0.1) is 11.5 Å². The quantitative estimate of drug-likeness (QED) is 0.594. The van der Waals surface area contributed by atoms with Crippen LogP contribution in [0.5, 0.6) is 5.75 Å². The highest BCUT2D eigenvalue weighted by Gasteiger charge is 2.23. The van der Waals surface area contributed by atoms with Crippen molar-refractivity contribution in [2.24, 2.45) is 0 Å². The number of hydrogen-bond acceptors (Lipinski definition) is 5. The Balaban J connectivity index is 1.55. The SMILES string of the molecule is Cc1cc(O[C@@H](C)C(=O)NC[C@@H](O)c2ccccc2)c2c3c(c(=O)oc2c1)CCCC3. The van der Waals surface area contributed by atoms with Crippen LogP contribution >= 0.6 is 0 Å². The summed E-state index contributed by atoms with van der Waals surface area (Å²) in [5.41, 5.74) is 3.53. The molecule has 2 atom stereocenters. The molecule has 6 heteroatoms. The van der Waals surface area contributed by atoms with E-state index in [0.717, 1.165) is 46.9 Å². The minimum atomic E-state index is -0.793. The van der Waals surface area contributed by atoms with Crippen LogP contribution in [0.2, 0.25) is 0 Å². The van der Waals surface area contributed by atoms with Crippen LogP contribution in [0.1, 0.15) is 48.1 Å². The lowest BCUT2D eigenvalue weighted by Gasteiger charge is -2.21. The maximum atomic E-state index is 12.6. The molecule has 3 aromatic rings. The fourth-order valence-electron chi connectivity index (χ4n) is 4.14. The van der Waals surface area contributed by atoms with Gasteiger partial charge in [-0.3, -0.25) is 4.79 Å². The van der Waals surface area contributed by atoms with Gasteiger partial charge >= 0.3 is 5.63 Å². The van der Waals surface area contributed by atoms with Gasteiger partial charge in [0.25, 0.3) is 5.91 Å². The molecule has 0 saturated heterocycles. The zero-order valence-electron chi connectivity index (χ0n) is 17.8. The number of rotatable bonds is 6. The van der Waals surface area contributed by atoms with Crippen LogP contribution in [0.25, 0.3) is 11.0 Å². The fraction of sp³-hybridized carbons (Fsp3) is 0.360. The van der Waals surface area contributed by atoms with Crippen molar-refractivity contribution in [3.05, 3.63) is 75.1 Å². The molecule has 2 N–H and O–H groups in total. The van der Waals surface area contributed by atoms with Gasteiger partial charge in [0, 0.05) is 12.1 Å². The predicted molar refractivity (Wildman–Crippen MR) is 118 cm³/mol. The fourth-order valence-corrected chi connectivity index (χ4v) is 4.14. The highest BCUT2D eigenvalue weighted by Crippen LogP contribution is 2.35. The molecule has 1 aromatic heterocycles. The molecule has 31 heavy (non-hydrogen) atoms. The first-order valence-electron chi connectivity index (χ1n) is 10.7. The van der Waals surface area contributed by atoms with Crippen molar-refractivity contribution in [3.63, 3.8) is 0 Å². The van der Waals surface area contributed by atoms with Crippen molar-refractivity contribution in [1.29, 1.82) is 0 Å². The summed E-state index contributed by atoms with van der Waals surface area (Å²) < 4.78 is 11.6. The summed E-state index contributed by atoms with van der Waals surface area (Å²) >= 11 is 0. The second kappa shape index (κ2) is 8.94. The van der Waals surface area contributed by atoms with Gasteiger partial charge in [0.15, 0.2) is 6.10 Å². The van der Waals surface area contributed by atoms with Gasteiger partial charge in [-0.15, -0.1) is 0 Å². The van der Waals surface area contributed by atoms with Crippen molar-refractivity contribution in [1.82, 2.24) is 5.32 Å². The summed E-state index contributed by atoms with van der Waals surface area (Å²) in [7, 11) is 0. The third kappa shape index (κ3) is 4.49. The minimum absolute atomic E-state index is 0.0926. The molecule has 4 rings (SSSR count). The summed E-state index contributed by atoms with van der Waals surface area (Å²) in [6.07, 6.45) is 1.90. The van der Waals surface area contributed by atoms with Crippen LogP contribution in [0.3, 0.4) is 0 Å². The van der Waals surface area contributed by atoms with Gasteiger partial charge in [0.2, 0.25) is 0 Å². The normalized spacial score (nSPS) is 15.2. The summed E-state index contributed by atoms with van der Waals surface area (Å²) in [4.78, 5) is 25.0. The highest BCUT2D eigenvalue weighted by molar-refractivity contribution is 5.89. The molecular weight excluding hydrogens is 394 g/mol. The Hall–Kier alpha value is -3.12. The lowest BCUT2D eigenvalue weighted by molar-refractivity contribution is -0.127. The maximum Gasteiger partial charge on any atom is 0.339 e. The molecule has 0 aliphatic heterocycles. The van der Waals surface area contributed by atoms with Gasteiger partial charge in [-0.2, -0.15) is 0 Å². The number of hydrogen-bond donors (Lipinski definition) is 2. The Kier molecular flexibility index (Phi) is 6.09. The largest absolute Gasteiger partial charge is 0.480 e. The van der Waals surface area contributed by atoms with Crippen LogP contribution in [-0.2, 0) is 17.6 Å².